The van der Waals surface area contributed by atoms with Crippen LogP contribution in [0.15, 0.2) is 6.20 Å². The minimum Gasteiger partial charge on any atom is -0.396 e. The molecule has 5 heteroatoms. The third-order valence-electron chi connectivity index (χ3n) is 4.48. The first kappa shape index (κ1) is 16.3. The molecule has 120 valence electrons. The van der Waals surface area contributed by atoms with Gasteiger partial charge in [-0.05, 0) is 50.6 Å². The molecule has 1 saturated heterocycles. The predicted molar refractivity (Wildman–Crippen MR) is 84.9 cm³/mol. The van der Waals surface area contributed by atoms with Crippen molar-refractivity contribution in [3.05, 3.63) is 11.9 Å². The van der Waals surface area contributed by atoms with Gasteiger partial charge in [0.15, 0.2) is 0 Å². The van der Waals surface area contributed by atoms with E-state index in [9.17, 15) is 4.39 Å². The highest BCUT2D eigenvalue weighted by Crippen LogP contribution is 2.22. The molecule has 2 rings (SSSR count). The van der Waals surface area contributed by atoms with Gasteiger partial charge in [0.2, 0.25) is 0 Å². The maximum atomic E-state index is 12.4. The zero-order chi connectivity index (χ0) is 15.2. The first-order valence-electron chi connectivity index (χ1n) is 8.18. The molecule has 1 aromatic rings. The van der Waals surface area contributed by atoms with Crippen molar-refractivity contribution in [2.75, 3.05) is 32.0 Å². The maximum absolute atomic E-state index is 12.4. The van der Waals surface area contributed by atoms with E-state index in [1.807, 2.05) is 0 Å². The normalized spacial score (nSPS) is 17.7. The first-order valence-corrected chi connectivity index (χ1v) is 8.18. The molecule has 0 radical (unpaired) electrons. The van der Waals surface area contributed by atoms with E-state index < -0.39 is 0 Å². The smallest absolute Gasteiger partial charge is 0.102 e. The van der Waals surface area contributed by atoms with E-state index in [1.165, 1.54) is 5.69 Å². The number of halogens is 1. The lowest BCUT2D eigenvalue weighted by Crippen LogP contribution is -2.36. The van der Waals surface area contributed by atoms with Crippen LogP contribution in [0.2, 0.25) is 0 Å². The van der Waals surface area contributed by atoms with E-state index in [0.717, 1.165) is 51.0 Å². The van der Waals surface area contributed by atoms with Gasteiger partial charge in [0, 0.05) is 13.1 Å². The highest BCUT2D eigenvalue weighted by molar-refractivity contribution is 5.40. The van der Waals surface area contributed by atoms with Crippen LogP contribution in [0.4, 0.5) is 10.1 Å². The Morgan fingerprint density at radius 1 is 1.38 bits per heavy atom. The molecule has 2 heterocycles. The van der Waals surface area contributed by atoms with Crippen molar-refractivity contribution >= 4 is 5.69 Å². The summed E-state index contributed by atoms with van der Waals surface area (Å²) in [7, 11) is 0. The van der Waals surface area contributed by atoms with E-state index in [-0.39, 0.29) is 6.67 Å². The molecule has 0 amide bonds. The summed E-state index contributed by atoms with van der Waals surface area (Å²) < 4.78 is 14.5. The van der Waals surface area contributed by atoms with Crippen LogP contribution >= 0.6 is 0 Å². The van der Waals surface area contributed by atoms with Gasteiger partial charge in [-0.25, -0.2) is 4.39 Å². The Morgan fingerprint density at radius 3 is 2.71 bits per heavy atom. The summed E-state index contributed by atoms with van der Waals surface area (Å²) in [5.74, 6) is 1.31. The lowest BCUT2D eigenvalue weighted by molar-refractivity contribution is 0.160. The van der Waals surface area contributed by atoms with Crippen molar-refractivity contribution in [3.63, 3.8) is 0 Å². The Morgan fingerprint density at radius 2 is 2.10 bits per heavy atom. The van der Waals surface area contributed by atoms with Crippen molar-refractivity contribution in [3.8, 4) is 0 Å². The Labute approximate surface area is 127 Å². The van der Waals surface area contributed by atoms with Gasteiger partial charge < -0.3 is 10.6 Å². The van der Waals surface area contributed by atoms with E-state index in [1.54, 1.807) is 6.20 Å². The molecule has 1 aliphatic heterocycles. The number of rotatable bonds is 7. The number of alkyl halides is 1. The average Bonchev–Trinajstić information content (AvgIpc) is 2.79. The minimum atomic E-state index is -0.236. The second kappa shape index (κ2) is 7.78. The molecule has 4 nitrogen and oxygen atoms in total. The predicted octanol–water partition coefficient (Wildman–Crippen LogP) is 2.74. The second-order valence-electron chi connectivity index (χ2n) is 6.64. The molecule has 1 fully saturated rings. The topological polar surface area (TPSA) is 47.1 Å². The van der Waals surface area contributed by atoms with Crippen molar-refractivity contribution in [2.24, 2.45) is 11.8 Å². The van der Waals surface area contributed by atoms with Crippen LogP contribution in [0.1, 0.15) is 38.8 Å². The van der Waals surface area contributed by atoms with Crippen LogP contribution in [0, 0.1) is 11.8 Å². The Balaban J connectivity index is 1.88. The fourth-order valence-electron chi connectivity index (χ4n) is 3.04. The molecule has 1 aliphatic rings. The number of nitrogen functional groups attached to an aromatic ring is 1. The monoisotopic (exact) mass is 296 g/mol. The first-order chi connectivity index (χ1) is 10.1. The van der Waals surface area contributed by atoms with Gasteiger partial charge in [0.1, 0.15) is 6.67 Å². The molecule has 0 bridgehead atoms. The molecule has 0 aliphatic carbocycles. The summed E-state index contributed by atoms with van der Waals surface area (Å²) >= 11 is 0. The Hall–Kier alpha value is -1.10. The number of hydrogen-bond acceptors (Lipinski definition) is 3. The zero-order valence-electron chi connectivity index (χ0n) is 13.4. The number of nitrogens with two attached hydrogens (primary N) is 1. The van der Waals surface area contributed by atoms with Crippen molar-refractivity contribution in [2.45, 2.75) is 46.1 Å². The van der Waals surface area contributed by atoms with Crippen LogP contribution in [-0.2, 0) is 13.0 Å². The number of likely N-dealkylation sites (tertiary alicyclic amines) is 1. The fourth-order valence-corrected chi connectivity index (χ4v) is 3.04. The van der Waals surface area contributed by atoms with Crippen molar-refractivity contribution in [1.82, 2.24) is 14.7 Å². The van der Waals surface area contributed by atoms with Gasteiger partial charge in [-0.3, -0.25) is 4.68 Å². The molecular weight excluding hydrogens is 267 g/mol. The molecule has 1 aromatic heterocycles. The number of piperidine rings is 1. The van der Waals surface area contributed by atoms with E-state index >= 15 is 0 Å². The Kier molecular flexibility index (Phi) is 6.03. The lowest BCUT2D eigenvalue weighted by Gasteiger charge is -2.31. The van der Waals surface area contributed by atoms with Gasteiger partial charge in [0.05, 0.1) is 17.6 Å². The number of anilines is 1. The van der Waals surface area contributed by atoms with Gasteiger partial charge in [-0.2, -0.15) is 5.10 Å². The summed E-state index contributed by atoms with van der Waals surface area (Å²) in [5.41, 5.74) is 8.08. The van der Waals surface area contributed by atoms with Crippen LogP contribution in [0.5, 0.6) is 0 Å². The van der Waals surface area contributed by atoms with Crippen LogP contribution in [0.25, 0.3) is 0 Å². The van der Waals surface area contributed by atoms with Gasteiger partial charge >= 0.3 is 0 Å². The second-order valence-corrected chi connectivity index (χ2v) is 6.64. The van der Waals surface area contributed by atoms with Crippen LogP contribution < -0.4 is 5.73 Å². The highest BCUT2D eigenvalue weighted by atomic mass is 19.1. The van der Waals surface area contributed by atoms with E-state index in [0.29, 0.717) is 18.4 Å². The number of hydrogen-bond donors (Lipinski definition) is 1. The molecule has 0 aromatic carbocycles. The number of aromatic nitrogens is 2. The molecule has 21 heavy (non-hydrogen) atoms. The third kappa shape index (κ3) is 4.70. The van der Waals surface area contributed by atoms with Gasteiger partial charge in [0.25, 0.3) is 0 Å². The van der Waals surface area contributed by atoms with E-state index in [2.05, 4.69) is 28.5 Å². The average molecular weight is 296 g/mol. The number of nitrogens with zero attached hydrogens (tertiary/aromatic N) is 3. The van der Waals surface area contributed by atoms with Crippen molar-refractivity contribution in [1.29, 1.82) is 0 Å². The summed E-state index contributed by atoms with van der Waals surface area (Å²) in [5, 5.41) is 4.46. The SMILES string of the molecule is CC(C)CCc1c(N)cnn1CC1CCN(CCF)CC1. The summed E-state index contributed by atoms with van der Waals surface area (Å²) in [6.45, 7) is 7.78. The highest BCUT2D eigenvalue weighted by Gasteiger charge is 2.21. The largest absolute Gasteiger partial charge is 0.396 e. The summed E-state index contributed by atoms with van der Waals surface area (Å²) in [6.07, 6.45) is 6.19. The molecule has 0 atom stereocenters. The molecule has 2 N–H and O–H groups in total. The molecule has 0 spiro atoms. The zero-order valence-corrected chi connectivity index (χ0v) is 13.4. The maximum Gasteiger partial charge on any atom is 0.102 e. The van der Waals surface area contributed by atoms with Crippen LogP contribution in [-0.4, -0.2) is 41.0 Å². The molecule has 0 saturated carbocycles. The van der Waals surface area contributed by atoms with Crippen LogP contribution in [0.3, 0.4) is 0 Å². The fraction of sp³-hybridized carbons (Fsp3) is 0.812. The third-order valence-corrected chi connectivity index (χ3v) is 4.48. The quantitative estimate of drug-likeness (QED) is 0.841. The van der Waals surface area contributed by atoms with Gasteiger partial charge in [-0.1, -0.05) is 13.8 Å². The Bertz CT molecular complexity index is 422. The van der Waals surface area contributed by atoms with Gasteiger partial charge in [-0.15, -0.1) is 0 Å². The summed E-state index contributed by atoms with van der Waals surface area (Å²) in [6, 6.07) is 0. The minimum absolute atomic E-state index is 0.236. The van der Waals surface area contributed by atoms with Crippen molar-refractivity contribution < 1.29 is 4.39 Å². The van der Waals surface area contributed by atoms with E-state index in [4.69, 9.17) is 5.73 Å². The molecular formula is C16H29FN4. The standard InChI is InChI=1S/C16H29FN4/c1-13(2)3-4-16-15(18)11-19-21(16)12-14-5-8-20(9-6-14)10-7-17/h11,13-14H,3-10,12,18H2,1-2H3. The molecule has 0 unspecified atom stereocenters. The lowest BCUT2D eigenvalue weighted by atomic mass is 9.96. The summed E-state index contributed by atoms with van der Waals surface area (Å²) in [4.78, 5) is 2.22.